The van der Waals surface area contributed by atoms with Gasteiger partial charge in [0.25, 0.3) is 0 Å². The summed E-state index contributed by atoms with van der Waals surface area (Å²) >= 11 is 2.95. The summed E-state index contributed by atoms with van der Waals surface area (Å²) in [5.74, 6) is 0.931. The molecule has 0 saturated carbocycles. The van der Waals surface area contributed by atoms with Gasteiger partial charge in [-0.25, -0.2) is 4.79 Å². The second kappa shape index (κ2) is 9.10. The Hall–Kier alpha value is -2.51. The molecule has 0 bridgehead atoms. The lowest BCUT2D eigenvalue weighted by atomic mass is 9.89. The molecule has 156 valence electrons. The first-order chi connectivity index (χ1) is 14.6. The van der Waals surface area contributed by atoms with E-state index in [1.54, 1.807) is 13.2 Å². The summed E-state index contributed by atoms with van der Waals surface area (Å²) in [5, 5.41) is 3.27. The van der Waals surface area contributed by atoms with Gasteiger partial charge in [-0.15, -0.1) is 23.1 Å². The molecule has 7 heteroatoms. The lowest BCUT2D eigenvalue weighted by Gasteiger charge is -2.16. The molecule has 0 fully saturated rings. The molecular weight excluding hydrogens is 418 g/mol. The lowest BCUT2D eigenvalue weighted by Crippen LogP contribution is -2.23. The molecule has 1 aromatic carbocycles. The highest BCUT2D eigenvalue weighted by atomic mass is 32.2. The number of carbonyl (C=O) groups is 2. The summed E-state index contributed by atoms with van der Waals surface area (Å²) in [6.07, 6.45) is 3.25. The van der Waals surface area contributed by atoms with E-state index >= 15 is 0 Å². The Morgan fingerprint density at radius 2 is 2.07 bits per heavy atom. The summed E-state index contributed by atoms with van der Waals surface area (Å²) < 4.78 is 10.7. The van der Waals surface area contributed by atoms with E-state index in [-0.39, 0.29) is 17.1 Å². The molecule has 1 amide bonds. The number of carbonyl (C=O) groups excluding carboxylic acids is 2. The van der Waals surface area contributed by atoms with Gasteiger partial charge in [-0.1, -0.05) is 24.3 Å². The first-order valence-electron chi connectivity index (χ1n) is 9.94. The fourth-order valence-corrected chi connectivity index (χ4v) is 5.63. The topological polar surface area (TPSA) is 68.5 Å². The molecule has 30 heavy (non-hydrogen) atoms. The maximum absolute atomic E-state index is 12.9. The summed E-state index contributed by atoms with van der Waals surface area (Å²) in [6.45, 7) is 3.94. The Morgan fingerprint density at radius 3 is 2.83 bits per heavy atom. The fraction of sp³-hybridized carbons (Fsp3) is 0.304. The zero-order valence-electron chi connectivity index (χ0n) is 16.9. The highest BCUT2D eigenvalue weighted by molar-refractivity contribution is 7.99. The van der Waals surface area contributed by atoms with E-state index < -0.39 is 0 Å². The third-order valence-electron chi connectivity index (χ3n) is 5.05. The van der Waals surface area contributed by atoms with Crippen molar-refractivity contribution in [3.8, 4) is 10.4 Å². The van der Waals surface area contributed by atoms with Gasteiger partial charge in [0.15, 0.2) is 0 Å². The Kier molecular flexibility index (Phi) is 6.29. The number of esters is 1. The van der Waals surface area contributed by atoms with Gasteiger partial charge in [0.1, 0.15) is 10.8 Å². The molecule has 5 nitrogen and oxygen atoms in total. The van der Waals surface area contributed by atoms with Crippen LogP contribution in [0.25, 0.3) is 10.4 Å². The van der Waals surface area contributed by atoms with Crippen molar-refractivity contribution in [3.05, 3.63) is 65.1 Å². The highest BCUT2D eigenvalue weighted by Crippen LogP contribution is 2.45. The van der Waals surface area contributed by atoms with Crippen molar-refractivity contribution in [2.45, 2.75) is 37.7 Å². The molecule has 0 spiro atoms. The van der Waals surface area contributed by atoms with Gasteiger partial charge >= 0.3 is 5.97 Å². The molecule has 1 unspecified atom stereocenters. The predicted octanol–water partition coefficient (Wildman–Crippen LogP) is 5.54. The summed E-state index contributed by atoms with van der Waals surface area (Å²) in [5.41, 5.74) is 3.88. The van der Waals surface area contributed by atoms with Crippen LogP contribution in [0.2, 0.25) is 0 Å². The Morgan fingerprint density at radius 1 is 1.23 bits per heavy atom. The van der Waals surface area contributed by atoms with Crippen molar-refractivity contribution < 1.29 is 18.7 Å². The van der Waals surface area contributed by atoms with Gasteiger partial charge in [-0.05, 0) is 55.5 Å². The monoisotopic (exact) mass is 441 g/mol. The second-order valence-electron chi connectivity index (χ2n) is 7.01. The molecule has 0 aliphatic heterocycles. The Labute approximate surface area is 183 Å². The SMILES string of the molecule is CCOC(=O)c1c(NC(=O)C(C)SCc2ccco2)sc2c1CCc1ccccc1-2. The molecule has 4 rings (SSSR count). The minimum Gasteiger partial charge on any atom is -0.468 e. The van der Waals surface area contributed by atoms with E-state index in [0.29, 0.717) is 22.9 Å². The van der Waals surface area contributed by atoms with Crippen LogP contribution in [0.1, 0.15) is 41.1 Å². The van der Waals surface area contributed by atoms with Crippen LogP contribution in [0.3, 0.4) is 0 Å². The number of anilines is 1. The van der Waals surface area contributed by atoms with Crippen molar-refractivity contribution >= 4 is 40.0 Å². The van der Waals surface area contributed by atoms with E-state index in [4.69, 9.17) is 9.15 Å². The van der Waals surface area contributed by atoms with Gasteiger partial charge in [-0.3, -0.25) is 4.79 Å². The third kappa shape index (κ3) is 4.18. The second-order valence-corrected chi connectivity index (χ2v) is 9.36. The van der Waals surface area contributed by atoms with Gasteiger partial charge < -0.3 is 14.5 Å². The van der Waals surface area contributed by atoms with Gasteiger partial charge in [0, 0.05) is 4.88 Å². The van der Waals surface area contributed by atoms with Crippen LogP contribution in [0.4, 0.5) is 5.00 Å². The largest absolute Gasteiger partial charge is 0.468 e. The number of fused-ring (bicyclic) bond motifs is 3. The number of nitrogens with one attached hydrogen (secondary N) is 1. The van der Waals surface area contributed by atoms with E-state index in [0.717, 1.165) is 34.6 Å². The smallest absolute Gasteiger partial charge is 0.341 e. The average molecular weight is 442 g/mol. The molecule has 1 atom stereocenters. The molecule has 1 aliphatic carbocycles. The van der Waals surface area contributed by atoms with E-state index in [1.165, 1.54) is 28.7 Å². The number of hydrogen-bond acceptors (Lipinski definition) is 6. The summed E-state index contributed by atoms with van der Waals surface area (Å²) in [6, 6.07) is 12.0. The standard InChI is InChI=1S/C23H23NO4S2/c1-3-27-23(26)19-18-11-10-15-7-4-5-9-17(15)20(18)30-22(19)24-21(25)14(2)29-13-16-8-6-12-28-16/h4-9,12,14H,3,10-11,13H2,1-2H3,(H,24,25). The van der Waals surface area contributed by atoms with Crippen LogP contribution < -0.4 is 5.32 Å². The van der Waals surface area contributed by atoms with Crippen LogP contribution in [0.5, 0.6) is 0 Å². The zero-order chi connectivity index (χ0) is 21.1. The number of benzene rings is 1. The molecule has 0 radical (unpaired) electrons. The van der Waals surface area contributed by atoms with Crippen LogP contribution in [-0.2, 0) is 28.1 Å². The van der Waals surface area contributed by atoms with E-state index in [2.05, 4.69) is 17.4 Å². The van der Waals surface area contributed by atoms with Crippen molar-refractivity contribution in [1.82, 2.24) is 0 Å². The number of furan rings is 1. The zero-order valence-corrected chi connectivity index (χ0v) is 18.5. The Bertz CT molecular complexity index is 1060. The third-order valence-corrected chi connectivity index (χ3v) is 7.40. The number of aryl methyl sites for hydroxylation is 1. The van der Waals surface area contributed by atoms with Gasteiger partial charge in [-0.2, -0.15) is 0 Å². The van der Waals surface area contributed by atoms with Crippen molar-refractivity contribution in [2.24, 2.45) is 0 Å². The molecule has 2 aromatic heterocycles. The van der Waals surface area contributed by atoms with Crippen LogP contribution in [0.15, 0.2) is 47.1 Å². The predicted molar refractivity (Wildman–Crippen MR) is 121 cm³/mol. The van der Waals surface area contributed by atoms with Crippen molar-refractivity contribution in [1.29, 1.82) is 0 Å². The highest BCUT2D eigenvalue weighted by Gasteiger charge is 2.30. The minimum atomic E-state index is -0.374. The number of thioether (sulfide) groups is 1. The maximum atomic E-state index is 12.9. The first-order valence-corrected chi connectivity index (χ1v) is 11.8. The molecule has 0 saturated heterocycles. The van der Waals surface area contributed by atoms with Gasteiger partial charge in [0.2, 0.25) is 5.91 Å². The Balaban J connectivity index is 1.60. The van der Waals surface area contributed by atoms with Crippen molar-refractivity contribution in [2.75, 3.05) is 11.9 Å². The van der Waals surface area contributed by atoms with Crippen LogP contribution in [0, 0.1) is 0 Å². The van der Waals surface area contributed by atoms with Crippen molar-refractivity contribution in [3.63, 3.8) is 0 Å². The van der Waals surface area contributed by atoms with Crippen LogP contribution in [-0.4, -0.2) is 23.7 Å². The average Bonchev–Trinajstić information content (AvgIpc) is 3.39. The first kappa shape index (κ1) is 20.8. The maximum Gasteiger partial charge on any atom is 0.341 e. The molecule has 3 aromatic rings. The molecular formula is C23H23NO4S2. The quantitative estimate of drug-likeness (QED) is 0.487. The molecule has 1 aliphatic rings. The van der Waals surface area contributed by atoms with Gasteiger partial charge in [0.05, 0.1) is 29.4 Å². The number of hydrogen-bond donors (Lipinski definition) is 1. The normalized spacial score (nSPS) is 13.3. The number of thiophene rings is 1. The van der Waals surface area contributed by atoms with E-state index in [1.807, 2.05) is 31.2 Å². The number of amides is 1. The minimum absolute atomic E-state index is 0.135. The number of rotatable bonds is 7. The number of ether oxygens (including phenoxy) is 1. The lowest BCUT2D eigenvalue weighted by molar-refractivity contribution is -0.115. The summed E-state index contributed by atoms with van der Waals surface area (Å²) in [7, 11) is 0. The summed E-state index contributed by atoms with van der Waals surface area (Å²) in [4.78, 5) is 26.7. The van der Waals surface area contributed by atoms with Crippen LogP contribution >= 0.6 is 23.1 Å². The molecule has 1 N–H and O–H groups in total. The fourth-order valence-electron chi connectivity index (χ4n) is 3.54. The molecule has 2 heterocycles. The van der Waals surface area contributed by atoms with E-state index in [9.17, 15) is 9.59 Å².